The predicted octanol–water partition coefficient (Wildman–Crippen LogP) is 4.05. The van der Waals surface area contributed by atoms with Gasteiger partial charge >= 0.3 is 0 Å². The molecule has 0 spiro atoms. The Hall–Kier alpha value is -4.33. The lowest BCUT2D eigenvalue weighted by Gasteiger charge is -2.41. The summed E-state index contributed by atoms with van der Waals surface area (Å²) in [6.07, 6.45) is 3.52. The number of ether oxygens (including phenoxy) is 1. The summed E-state index contributed by atoms with van der Waals surface area (Å²) in [7, 11) is 0. The highest BCUT2D eigenvalue weighted by atomic mass is 16.5. The SMILES string of the molecule is Nc1ccc(C(=O)NCCCOc2ccc(C(=O)N3CCC(N4C(=O)CCc5ccccc54)CC3)cc2)cc1. The minimum Gasteiger partial charge on any atom is -0.494 e. The molecule has 0 aliphatic carbocycles. The Morgan fingerprint density at radius 3 is 2.33 bits per heavy atom. The number of benzene rings is 3. The Labute approximate surface area is 228 Å². The predicted molar refractivity (Wildman–Crippen MR) is 151 cm³/mol. The molecule has 0 saturated carbocycles. The molecule has 2 heterocycles. The van der Waals surface area contributed by atoms with Gasteiger partial charge in [0, 0.05) is 54.6 Å². The van der Waals surface area contributed by atoms with E-state index in [1.165, 1.54) is 5.56 Å². The van der Waals surface area contributed by atoms with Crippen LogP contribution in [0.3, 0.4) is 0 Å². The van der Waals surface area contributed by atoms with Crippen molar-refractivity contribution in [2.45, 2.75) is 38.1 Å². The number of carbonyl (C=O) groups is 3. The maximum atomic E-state index is 13.1. The number of rotatable bonds is 8. The number of nitrogen functional groups attached to an aromatic ring is 1. The third kappa shape index (κ3) is 6.22. The van der Waals surface area contributed by atoms with E-state index in [4.69, 9.17) is 10.5 Å². The van der Waals surface area contributed by atoms with E-state index in [2.05, 4.69) is 11.4 Å². The van der Waals surface area contributed by atoms with Crippen LogP contribution in [0.25, 0.3) is 0 Å². The van der Waals surface area contributed by atoms with Crippen molar-refractivity contribution in [1.29, 1.82) is 0 Å². The second-order valence-corrected chi connectivity index (χ2v) is 10.0. The quantitative estimate of drug-likeness (QED) is 0.340. The first-order valence-corrected chi connectivity index (χ1v) is 13.6. The van der Waals surface area contributed by atoms with E-state index in [1.807, 2.05) is 28.0 Å². The molecule has 0 aromatic heterocycles. The summed E-state index contributed by atoms with van der Waals surface area (Å²) in [6, 6.07) is 22.2. The van der Waals surface area contributed by atoms with Crippen LogP contribution in [-0.4, -0.2) is 54.9 Å². The number of fused-ring (bicyclic) bond motifs is 1. The number of hydrogen-bond acceptors (Lipinski definition) is 5. The number of anilines is 2. The van der Waals surface area contributed by atoms with Crippen LogP contribution in [0.1, 0.15) is 52.0 Å². The lowest BCUT2D eigenvalue weighted by Crippen LogP contribution is -2.50. The minimum absolute atomic E-state index is 0.00393. The van der Waals surface area contributed by atoms with Crippen LogP contribution >= 0.6 is 0 Å². The zero-order chi connectivity index (χ0) is 27.2. The molecule has 39 heavy (non-hydrogen) atoms. The number of hydrogen-bond donors (Lipinski definition) is 2. The highest BCUT2D eigenvalue weighted by Gasteiger charge is 2.33. The van der Waals surface area contributed by atoms with Crippen molar-refractivity contribution in [1.82, 2.24) is 10.2 Å². The number of carbonyl (C=O) groups excluding carboxylic acids is 3. The molecule has 202 valence electrons. The lowest BCUT2D eigenvalue weighted by atomic mass is 9.95. The number of aryl methyl sites for hydroxylation is 1. The van der Waals surface area contributed by atoms with E-state index < -0.39 is 0 Å². The molecule has 0 radical (unpaired) electrons. The van der Waals surface area contributed by atoms with Crippen molar-refractivity contribution in [3.05, 3.63) is 89.5 Å². The summed E-state index contributed by atoms with van der Waals surface area (Å²) >= 11 is 0. The lowest BCUT2D eigenvalue weighted by molar-refractivity contribution is -0.119. The van der Waals surface area contributed by atoms with Crippen LogP contribution in [0.4, 0.5) is 11.4 Å². The van der Waals surface area contributed by atoms with Gasteiger partial charge in [-0.15, -0.1) is 0 Å². The summed E-state index contributed by atoms with van der Waals surface area (Å²) in [4.78, 5) is 41.8. The van der Waals surface area contributed by atoms with E-state index >= 15 is 0 Å². The Morgan fingerprint density at radius 1 is 0.897 bits per heavy atom. The maximum absolute atomic E-state index is 13.1. The van der Waals surface area contributed by atoms with E-state index in [0.29, 0.717) is 61.6 Å². The smallest absolute Gasteiger partial charge is 0.253 e. The van der Waals surface area contributed by atoms with Crippen molar-refractivity contribution in [2.24, 2.45) is 0 Å². The van der Waals surface area contributed by atoms with Gasteiger partial charge < -0.3 is 25.6 Å². The normalized spacial score (nSPS) is 15.5. The molecule has 5 rings (SSSR count). The summed E-state index contributed by atoms with van der Waals surface area (Å²) < 4.78 is 5.78. The summed E-state index contributed by atoms with van der Waals surface area (Å²) in [5.41, 5.74) is 9.71. The molecule has 3 N–H and O–H groups in total. The largest absolute Gasteiger partial charge is 0.494 e. The average Bonchev–Trinajstić information content (AvgIpc) is 2.97. The van der Waals surface area contributed by atoms with Crippen molar-refractivity contribution in [3.8, 4) is 5.75 Å². The Morgan fingerprint density at radius 2 is 1.59 bits per heavy atom. The average molecular weight is 527 g/mol. The van der Waals surface area contributed by atoms with Crippen LogP contribution in [0, 0.1) is 0 Å². The monoisotopic (exact) mass is 526 g/mol. The van der Waals surface area contributed by atoms with Crippen LogP contribution in [0.15, 0.2) is 72.8 Å². The molecular formula is C31H34N4O4. The van der Waals surface area contributed by atoms with Gasteiger partial charge in [-0.05, 0) is 85.8 Å². The Kier molecular flexibility index (Phi) is 8.10. The number of amides is 3. The number of nitrogens with zero attached hydrogens (tertiary/aromatic N) is 2. The molecule has 0 atom stereocenters. The van der Waals surface area contributed by atoms with Crippen molar-refractivity contribution >= 4 is 29.1 Å². The Bertz CT molecular complexity index is 1320. The van der Waals surface area contributed by atoms with Gasteiger partial charge in [-0.3, -0.25) is 14.4 Å². The molecule has 1 fully saturated rings. The van der Waals surface area contributed by atoms with Gasteiger partial charge in [0.2, 0.25) is 5.91 Å². The van der Waals surface area contributed by atoms with Gasteiger partial charge in [-0.25, -0.2) is 0 Å². The number of nitrogens with two attached hydrogens (primary N) is 1. The molecule has 8 nitrogen and oxygen atoms in total. The second-order valence-electron chi connectivity index (χ2n) is 10.0. The molecule has 1 saturated heterocycles. The van der Waals surface area contributed by atoms with Gasteiger partial charge in [0.15, 0.2) is 0 Å². The molecule has 3 amide bonds. The zero-order valence-electron chi connectivity index (χ0n) is 22.0. The standard InChI is InChI=1S/C31H34N4O4/c32-25-11-6-23(7-12-25)30(37)33-18-3-21-39-27-13-8-24(9-14-27)31(38)34-19-16-26(17-20-34)35-28-5-2-1-4-22(28)10-15-29(35)36/h1-2,4-9,11-14,26H,3,10,15-21,32H2,(H,33,37). The summed E-state index contributed by atoms with van der Waals surface area (Å²) in [6.45, 7) is 2.18. The van der Waals surface area contributed by atoms with Gasteiger partial charge in [-0.1, -0.05) is 18.2 Å². The summed E-state index contributed by atoms with van der Waals surface area (Å²) in [5.74, 6) is 0.709. The molecule has 0 bridgehead atoms. The molecule has 0 unspecified atom stereocenters. The first-order valence-electron chi connectivity index (χ1n) is 13.6. The van der Waals surface area contributed by atoms with Crippen LogP contribution in [0.5, 0.6) is 5.75 Å². The first-order chi connectivity index (χ1) is 19.0. The molecular weight excluding hydrogens is 492 g/mol. The fraction of sp³-hybridized carbons (Fsp3) is 0.323. The number of piperidine rings is 1. The van der Waals surface area contributed by atoms with Gasteiger partial charge in [0.05, 0.1) is 6.61 Å². The molecule has 3 aromatic rings. The molecule has 2 aliphatic heterocycles. The van der Waals surface area contributed by atoms with E-state index in [0.717, 1.165) is 24.9 Å². The van der Waals surface area contributed by atoms with Crippen molar-refractivity contribution in [2.75, 3.05) is 36.9 Å². The molecule has 2 aliphatic rings. The van der Waals surface area contributed by atoms with Crippen molar-refractivity contribution in [3.63, 3.8) is 0 Å². The third-order valence-corrected chi connectivity index (χ3v) is 7.39. The van der Waals surface area contributed by atoms with E-state index in [1.54, 1.807) is 48.5 Å². The van der Waals surface area contributed by atoms with Crippen LogP contribution in [-0.2, 0) is 11.2 Å². The highest BCUT2D eigenvalue weighted by molar-refractivity contribution is 5.97. The number of para-hydroxylation sites is 1. The molecule has 3 aromatic carbocycles. The summed E-state index contributed by atoms with van der Waals surface area (Å²) in [5, 5.41) is 2.86. The maximum Gasteiger partial charge on any atom is 0.253 e. The number of likely N-dealkylation sites (tertiary alicyclic amines) is 1. The van der Waals surface area contributed by atoms with Gasteiger partial charge in [-0.2, -0.15) is 0 Å². The Balaban J connectivity index is 1.06. The van der Waals surface area contributed by atoms with Crippen molar-refractivity contribution < 1.29 is 19.1 Å². The fourth-order valence-electron chi connectivity index (χ4n) is 5.26. The van der Waals surface area contributed by atoms with Gasteiger partial charge in [0.25, 0.3) is 11.8 Å². The second kappa shape index (κ2) is 12.0. The van der Waals surface area contributed by atoms with E-state index in [9.17, 15) is 14.4 Å². The van der Waals surface area contributed by atoms with Gasteiger partial charge in [0.1, 0.15) is 5.75 Å². The van der Waals surface area contributed by atoms with Crippen LogP contribution in [0.2, 0.25) is 0 Å². The third-order valence-electron chi connectivity index (χ3n) is 7.39. The first kappa shape index (κ1) is 26.3. The topological polar surface area (TPSA) is 105 Å². The zero-order valence-corrected chi connectivity index (χ0v) is 22.0. The molecule has 8 heteroatoms. The highest BCUT2D eigenvalue weighted by Crippen LogP contribution is 2.32. The van der Waals surface area contributed by atoms with Crippen LogP contribution < -0.4 is 20.7 Å². The fourth-order valence-corrected chi connectivity index (χ4v) is 5.26. The van der Waals surface area contributed by atoms with E-state index in [-0.39, 0.29) is 23.8 Å². The minimum atomic E-state index is -0.144. The number of nitrogens with one attached hydrogen (secondary N) is 1.